The quantitative estimate of drug-likeness (QED) is 0.555. The molecule has 3 aromatic rings. The van der Waals surface area contributed by atoms with Crippen LogP contribution in [0.25, 0.3) is 28.0 Å². The van der Waals surface area contributed by atoms with Crippen molar-refractivity contribution in [1.82, 2.24) is 0 Å². The number of carboxylic acid groups (broad SMARTS) is 1. The molecule has 0 heterocycles. The van der Waals surface area contributed by atoms with E-state index in [0.29, 0.717) is 16.7 Å². The van der Waals surface area contributed by atoms with Crippen molar-refractivity contribution in [3.05, 3.63) is 77.6 Å². The molecule has 0 amide bonds. The number of carboxylic acids is 1. The maximum absolute atomic E-state index is 13.6. The van der Waals surface area contributed by atoms with Gasteiger partial charge in [0, 0.05) is 6.08 Å². The summed E-state index contributed by atoms with van der Waals surface area (Å²) in [5, 5.41) is 11.2. The fraction of sp³-hybridized carbons (Fsp3) is 0.0476. The van der Waals surface area contributed by atoms with Gasteiger partial charge in [0.2, 0.25) is 0 Å². The number of aromatic carboxylic acids is 1. The number of methoxy groups -OCH3 is 1. The van der Waals surface area contributed by atoms with Crippen LogP contribution in [0.2, 0.25) is 0 Å². The molecule has 0 fully saturated rings. The van der Waals surface area contributed by atoms with Gasteiger partial charge in [-0.1, -0.05) is 42.5 Å². The summed E-state index contributed by atoms with van der Waals surface area (Å²) in [5.41, 5.74) is 1.47. The third-order valence-electron chi connectivity index (χ3n) is 4.04. The summed E-state index contributed by atoms with van der Waals surface area (Å²) in [4.78, 5) is 23.1. The standard InChI is InChI=1S/C21H15FO4/c1-26-19(23)11-8-14-7-6-13-4-2-3-5-16(13)20(14)17-10-9-15(22)12-18(17)21(24)25/h2-12H,1H3,(H,24,25)/b11-8+. The number of esters is 1. The number of carbonyl (C=O) groups is 2. The van der Waals surface area contributed by atoms with Crippen LogP contribution in [0.3, 0.4) is 0 Å². The molecule has 0 aliphatic rings. The van der Waals surface area contributed by atoms with Crippen LogP contribution in [0.15, 0.2) is 60.7 Å². The van der Waals surface area contributed by atoms with Crippen LogP contribution in [0.5, 0.6) is 0 Å². The molecule has 0 aliphatic heterocycles. The van der Waals surface area contributed by atoms with Crippen LogP contribution in [-0.2, 0) is 9.53 Å². The molecule has 0 aliphatic carbocycles. The Bertz CT molecular complexity index is 1040. The van der Waals surface area contributed by atoms with Crippen LogP contribution in [-0.4, -0.2) is 24.2 Å². The Morgan fingerprint density at radius 3 is 2.58 bits per heavy atom. The molecule has 0 saturated carbocycles. The first-order valence-corrected chi connectivity index (χ1v) is 7.82. The molecule has 5 heteroatoms. The Balaban J connectivity index is 2.35. The summed E-state index contributed by atoms with van der Waals surface area (Å²) in [6.07, 6.45) is 2.82. The van der Waals surface area contributed by atoms with E-state index in [4.69, 9.17) is 0 Å². The van der Waals surface area contributed by atoms with Crippen molar-refractivity contribution in [1.29, 1.82) is 0 Å². The van der Waals surface area contributed by atoms with E-state index in [1.807, 2.05) is 30.3 Å². The monoisotopic (exact) mass is 350 g/mol. The first-order chi connectivity index (χ1) is 12.5. The minimum absolute atomic E-state index is 0.144. The highest BCUT2D eigenvalue weighted by molar-refractivity contribution is 6.06. The first-order valence-electron chi connectivity index (χ1n) is 7.82. The van der Waals surface area contributed by atoms with Crippen LogP contribution < -0.4 is 0 Å². The van der Waals surface area contributed by atoms with Crippen LogP contribution >= 0.6 is 0 Å². The highest BCUT2D eigenvalue weighted by Gasteiger charge is 2.17. The van der Waals surface area contributed by atoms with Crippen LogP contribution in [0.4, 0.5) is 4.39 Å². The topological polar surface area (TPSA) is 63.6 Å². The molecule has 3 aromatic carbocycles. The number of rotatable bonds is 4. The van der Waals surface area contributed by atoms with Crippen molar-refractivity contribution in [2.45, 2.75) is 0 Å². The molecule has 0 saturated heterocycles. The van der Waals surface area contributed by atoms with E-state index >= 15 is 0 Å². The number of hydrogen-bond donors (Lipinski definition) is 1. The van der Waals surface area contributed by atoms with Gasteiger partial charge in [0.15, 0.2) is 0 Å². The third-order valence-corrected chi connectivity index (χ3v) is 4.04. The van der Waals surface area contributed by atoms with Gasteiger partial charge in [-0.15, -0.1) is 0 Å². The van der Waals surface area contributed by atoms with Gasteiger partial charge < -0.3 is 9.84 Å². The third kappa shape index (κ3) is 3.32. The van der Waals surface area contributed by atoms with Crippen molar-refractivity contribution in [3.63, 3.8) is 0 Å². The average Bonchev–Trinajstić information content (AvgIpc) is 2.65. The molecule has 0 atom stereocenters. The van der Waals surface area contributed by atoms with Crippen molar-refractivity contribution in [3.8, 4) is 11.1 Å². The molecule has 0 bridgehead atoms. The van der Waals surface area contributed by atoms with Crippen molar-refractivity contribution in [2.75, 3.05) is 7.11 Å². The normalized spacial score (nSPS) is 11.0. The Morgan fingerprint density at radius 2 is 1.85 bits per heavy atom. The molecule has 0 aromatic heterocycles. The minimum atomic E-state index is -1.23. The zero-order valence-corrected chi connectivity index (χ0v) is 13.9. The summed E-state index contributed by atoms with van der Waals surface area (Å²) >= 11 is 0. The molecule has 3 rings (SSSR count). The highest BCUT2D eigenvalue weighted by Crippen LogP contribution is 2.35. The van der Waals surface area contributed by atoms with Gasteiger partial charge in [-0.25, -0.2) is 14.0 Å². The van der Waals surface area contributed by atoms with E-state index in [0.717, 1.165) is 16.8 Å². The molecule has 0 spiro atoms. The van der Waals surface area contributed by atoms with Gasteiger partial charge in [0.1, 0.15) is 5.82 Å². The van der Waals surface area contributed by atoms with Gasteiger partial charge >= 0.3 is 11.9 Å². The Labute approximate surface area is 149 Å². The van der Waals surface area contributed by atoms with Crippen molar-refractivity contribution >= 4 is 28.8 Å². The predicted molar refractivity (Wildman–Crippen MR) is 97.4 cm³/mol. The maximum Gasteiger partial charge on any atom is 0.336 e. The zero-order valence-electron chi connectivity index (χ0n) is 13.9. The van der Waals surface area contributed by atoms with E-state index in [1.165, 1.54) is 25.3 Å². The van der Waals surface area contributed by atoms with E-state index < -0.39 is 17.8 Å². The smallest absolute Gasteiger partial charge is 0.336 e. The molecule has 130 valence electrons. The number of fused-ring (bicyclic) bond motifs is 1. The zero-order chi connectivity index (χ0) is 18.7. The lowest BCUT2D eigenvalue weighted by molar-refractivity contribution is -0.134. The number of benzene rings is 3. The van der Waals surface area contributed by atoms with Gasteiger partial charge in [0.25, 0.3) is 0 Å². The molecular formula is C21H15FO4. The number of carbonyl (C=O) groups excluding carboxylic acids is 1. The molecule has 1 N–H and O–H groups in total. The summed E-state index contributed by atoms with van der Waals surface area (Å²) < 4.78 is 18.2. The second kappa shape index (κ2) is 7.19. The summed E-state index contributed by atoms with van der Waals surface area (Å²) in [7, 11) is 1.27. The number of hydrogen-bond acceptors (Lipinski definition) is 3. The summed E-state index contributed by atoms with van der Waals surface area (Å²) in [6, 6.07) is 14.8. The summed E-state index contributed by atoms with van der Waals surface area (Å²) in [5.74, 6) is -2.38. The summed E-state index contributed by atoms with van der Waals surface area (Å²) in [6.45, 7) is 0. The average molecular weight is 350 g/mol. The largest absolute Gasteiger partial charge is 0.478 e. The Kier molecular flexibility index (Phi) is 4.80. The van der Waals surface area contributed by atoms with Crippen molar-refractivity contribution < 1.29 is 23.8 Å². The lowest BCUT2D eigenvalue weighted by Crippen LogP contribution is -2.02. The van der Waals surface area contributed by atoms with Crippen LogP contribution in [0.1, 0.15) is 15.9 Å². The first kappa shape index (κ1) is 17.4. The lowest BCUT2D eigenvalue weighted by atomic mass is 9.90. The minimum Gasteiger partial charge on any atom is -0.478 e. The maximum atomic E-state index is 13.6. The predicted octanol–water partition coefficient (Wildman–Crippen LogP) is 4.53. The van der Waals surface area contributed by atoms with E-state index in [2.05, 4.69) is 4.74 Å². The van der Waals surface area contributed by atoms with E-state index in [-0.39, 0.29) is 5.56 Å². The fourth-order valence-electron chi connectivity index (χ4n) is 2.87. The highest BCUT2D eigenvalue weighted by atomic mass is 19.1. The van der Waals surface area contributed by atoms with Gasteiger partial charge in [-0.3, -0.25) is 0 Å². The van der Waals surface area contributed by atoms with Gasteiger partial charge in [-0.2, -0.15) is 0 Å². The van der Waals surface area contributed by atoms with Crippen LogP contribution in [0, 0.1) is 5.82 Å². The molecular weight excluding hydrogens is 335 g/mol. The second-order valence-corrected chi connectivity index (χ2v) is 5.60. The number of halogens is 1. The second-order valence-electron chi connectivity index (χ2n) is 5.60. The molecule has 4 nitrogen and oxygen atoms in total. The van der Waals surface area contributed by atoms with E-state index in [9.17, 15) is 19.1 Å². The SMILES string of the molecule is COC(=O)/C=C/c1ccc2ccccc2c1-c1ccc(F)cc1C(=O)O. The fourth-order valence-corrected chi connectivity index (χ4v) is 2.87. The molecule has 0 radical (unpaired) electrons. The van der Waals surface area contributed by atoms with Gasteiger partial charge in [0.05, 0.1) is 12.7 Å². The Morgan fingerprint density at radius 1 is 1.08 bits per heavy atom. The van der Waals surface area contributed by atoms with Crippen molar-refractivity contribution in [2.24, 2.45) is 0 Å². The molecule has 26 heavy (non-hydrogen) atoms. The van der Waals surface area contributed by atoms with Gasteiger partial charge in [-0.05, 0) is 45.7 Å². The van der Waals surface area contributed by atoms with E-state index in [1.54, 1.807) is 12.1 Å². The molecule has 0 unspecified atom stereocenters. The number of ether oxygens (including phenoxy) is 1. The Hall–Kier alpha value is -3.47. The lowest BCUT2D eigenvalue weighted by Gasteiger charge is -2.14.